The maximum absolute atomic E-state index is 11.7. The standard InChI is InChI=1S/C16H22N2OS/c1-11-18-15(10-20-11)4-5-16(19)17-7-6-14-9-12-2-3-13(14)8-12/h4-5,10,12-14H,2-3,6-9H2,1H3,(H,17,19). The van der Waals surface area contributed by atoms with Crippen molar-refractivity contribution in [2.45, 2.75) is 39.0 Å². The van der Waals surface area contributed by atoms with E-state index in [1.54, 1.807) is 23.5 Å². The van der Waals surface area contributed by atoms with E-state index in [-0.39, 0.29) is 5.91 Å². The van der Waals surface area contributed by atoms with Gasteiger partial charge in [-0.1, -0.05) is 6.42 Å². The number of hydrogen-bond donors (Lipinski definition) is 1. The maximum atomic E-state index is 11.7. The summed E-state index contributed by atoms with van der Waals surface area (Å²) < 4.78 is 0. The normalized spacial score (nSPS) is 28.4. The van der Waals surface area contributed by atoms with E-state index in [4.69, 9.17) is 0 Å². The number of amides is 1. The van der Waals surface area contributed by atoms with E-state index in [2.05, 4.69) is 10.3 Å². The van der Waals surface area contributed by atoms with Gasteiger partial charge in [-0.3, -0.25) is 4.79 Å². The quantitative estimate of drug-likeness (QED) is 0.844. The molecule has 1 aromatic rings. The second-order valence-electron chi connectivity index (χ2n) is 6.14. The first kappa shape index (κ1) is 13.8. The molecule has 1 amide bonds. The Kier molecular flexibility index (Phi) is 4.20. The highest BCUT2D eigenvalue weighted by molar-refractivity contribution is 7.09. The van der Waals surface area contributed by atoms with E-state index >= 15 is 0 Å². The third-order valence-electron chi connectivity index (χ3n) is 4.74. The number of thiazole rings is 1. The summed E-state index contributed by atoms with van der Waals surface area (Å²) in [7, 11) is 0. The number of carbonyl (C=O) groups is 1. The number of hydrogen-bond acceptors (Lipinski definition) is 3. The molecule has 3 nitrogen and oxygen atoms in total. The lowest BCUT2D eigenvalue weighted by molar-refractivity contribution is -0.116. The van der Waals surface area contributed by atoms with Crippen LogP contribution in [0.25, 0.3) is 6.08 Å². The van der Waals surface area contributed by atoms with Crippen LogP contribution < -0.4 is 5.32 Å². The first-order chi connectivity index (χ1) is 9.70. The molecule has 0 saturated heterocycles. The highest BCUT2D eigenvalue weighted by atomic mass is 32.1. The van der Waals surface area contributed by atoms with Crippen LogP contribution in [0, 0.1) is 24.7 Å². The van der Waals surface area contributed by atoms with E-state index in [1.165, 1.54) is 25.7 Å². The molecule has 20 heavy (non-hydrogen) atoms. The molecule has 3 unspecified atom stereocenters. The Hall–Kier alpha value is -1.16. The smallest absolute Gasteiger partial charge is 0.244 e. The number of fused-ring (bicyclic) bond motifs is 2. The summed E-state index contributed by atoms with van der Waals surface area (Å²) in [5, 5.41) is 5.99. The van der Waals surface area contributed by atoms with Gasteiger partial charge in [0.05, 0.1) is 10.7 Å². The molecule has 2 saturated carbocycles. The summed E-state index contributed by atoms with van der Waals surface area (Å²) in [6, 6.07) is 0. The van der Waals surface area contributed by atoms with Crippen molar-refractivity contribution in [2.24, 2.45) is 17.8 Å². The van der Waals surface area contributed by atoms with Crippen molar-refractivity contribution >= 4 is 23.3 Å². The number of aromatic nitrogens is 1. The van der Waals surface area contributed by atoms with Crippen molar-refractivity contribution < 1.29 is 4.79 Å². The van der Waals surface area contributed by atoms with Crippen LogP contribution in [0.15, 0.2) is 11.5 Å². The third-order valence-corrected chi connectivity index (χ3v) is 5.53. The fourth-order valence-corrected chi connectivity index (χ4v) is 4.37. The number of nitrogens with zero attached hydrogens (tertiary/aromatic N) is 1. The minimum atomic E-state index is -0.00110. The molecular formula is C16H22N2OS. The number of nitrogens with one attached hydrogen (secondary N) is 1. The minimum absolute atomic E-state index is 0.00110. The predicted molar refractivity (Wildman–Crippen MR) is 82.4 cm³/mol. The Morgan fingerprint density at radius 3 is 3.05 bits per heavy atom. The van der Waals surface area contributed by atoms with Crippen LogP contribution in [-0.4, -0.2) is 17.4 Å². The largest absolute Gasteiger partial charge is 0.353 e. The van der Waals surface area contributed by atoms with Crippen LogP contribution in [0.4, 0.5) is 0 Å². The van der Waals surface area contributed by atoms with Crippen molar-refractivity contribution in [2.75, 3.05) is 6.54 Å². The number of rotatable bonds is 5. The first-order valence-corrected chi connectivity index (χ1v) is 8.46. The molecule has 3 atom stereocenters. The SMILES string of the molecule is Cc1nc(C=CC(=O)NCCC2CC3CCC2C3)cs1. The predicted octanol–water partition coefficient (Wildman–Crippen LogP) is 3.41. The molecule has 4 heteroatoms. The molecule has 2 bridgehead atoms. The maximum Gasteiger partial charge on any atom is 0.244 e. The van der Waals surface area contributed by atoms with Gasteiger partial charge in [-0.15, -0.1) is 11.3 Å². The lowest BCUT2D eigenvalue weighted by Crippen LogP contribution is -2.25. The second kappa shape index (κ2) is 6.08. The van der Waals surface area contributed by atoms with Crippen molar-refractivity contribution in [3.05, 3.63) is 22.2 Å². The Balaban J connectivity index is 1.38. The van der Waals surface area contributed by atoms with Crippen LogP contribution in [0.2, 0.25) is 0 Å². The Morgan fingerprint density at radius 2 is 2.40 bits per heavy atom. The molecule has 0 aliphatic heterocycles. The van der Waals surface area contributed by atoms with Gasteiger partial charge in [0.15, 0.2) is 0 Å². The summed E-state index contributed by atoms with van der Waals surface area (Å²) in [6.07, 6.45) is 10.2. The Morgan fingerprint density at radius 1 is 1.50 bits per heavy atom. The number of aryl methyl sites for hydroxylation is 1. The molecule has 3 rings (SSSR count). The van der Waals surface area contributed by atoms with E-state index in [0.29, 0.717) is 0 Å². The molecule has 2 aliphatic rings. The molecule has 1 aromatic heterocycles. The first-order valence-electron chi connectivity index (χ1n) is 7.59. The molecule has 2 fully saturated rings. The summed E-state index contributed by atoms with van der Waals surface area (Å²) in [4.78, 5) is 16.0. The van der Waals surface area contributed by atoms with Gasteiger partial charge in [0, 0.05) is 18.0 Å². The third kappa shape index (κ3) is 3.29. The fourth-order valence-electron chi connectivity index (χ4n) is 3.79. The van der Waals surface area contributed by atoms with Crippen molar-refractivity contribution in [3.8, 4) is 0 Å². The van der Waals surface area contributed by atoms with Gasteiger partial charge >= 0.3 is 0 Å². The minimum Gasteiger partial charge on any atom is -0.353 e. The van der Waals surface area contributed by atoms with Gasteiger partial charge in [-0.25, -0.2) is 4.98 Å². The lowest BCUT2D eigenvalue weighted by atomic mass is 9.86. The zero-order valence-electron chi connectivity index (χ0n) is 12.0. The zero-order chi connectivity index (χ0) is 13.9. The summed E-state index contributed by atoms with van der Waals surface area (Å²) in [6.45, 7) is 2.78. The molecule has 2 aliphatic carbocycles. The highest BCUT2D eigenvalue weighted by Gasteiger charge is 2.38. The van der Waals surface area contributed by atoms with Crippen LogP contribution in [0.3, 0.4) is 0 Å². The van der Waals surface area contributed by atoms with Crippen LogP contribution >= 0.6 is 11.3 Å². The van der Waals surface area contributed by atoms with E-state index in [1.807, 2.05) is 12.3 Å². The van der Waals surface area contributed by atoms with E-state index in [0.717, 1.165) is 41.4 Å². The number of carbonyl (C=O) groups excluding carboxylic acids is 1. The lowest BCUT2D eigenvalue weighted by Gasteiger charge is -2.21. The molecule has 0 aromatic carbocycles. The van der Waals surface area contributed by atoms with Crippen LogP contribution in [0.5, 0.6) is 0 Å². The average molecular weight is 290 g/mol. The molecule has 1 N–H and O–H groups in total. The monoisotopic (exact) mass is 290 g/mol. The van der Waals surface area contributed by atoms with Crippen LogP contribution in [0.1, 0.15) is 42.8 Å². The van der Waals surface area contributed by atoms with Crippen molar-refractivity contribution in [1.82, 2.24) is 10.3 Å². The van der Waals surface area contributed by atoms with Crippen LogP contribution in [-0.2, 0) is 4.79 Å². The van der Waals surface area contributed by atoms with Gasteiger partial charge in [-0.2, -0.15) is 0 Å². The topological polar surface area (TPSA) is 42.0 Å². The Labute approximate surface area is 124 Å². The van der Waals surface area contributed by atoms with E-state index < -0.39 is 0 Å². The molecular weight excluding hydrogens is 268 g/mol. The fraction of sp³-hybridized carbons (Fsp3) is 0.625. The van der Waals surface area contributed by atoms with Gasteiger partial charge in [0.25, 0.3) is 0 Å². The summed E-state index contributed by atoms with van der Waals surface area (Å²) in [5.41, 5.74) is 0.871. The van der Waals surface area contributed by atoms with Gasteiger partial charge in [0.1, 0.15) is 0 Å². The van der Waals surface area contributed by atoms with Crippen molar-refractivity contribution in [1.29, 1.82) is 0 Å². The molecule has 1 heterocycles. The van der Waals surface area contributed by atoms with Gasteiger partial charge in [0.2, 0.25) is 5.91 Å². The average Bonchev–Trinajstić information content (AvgIpc) is 3.13. The molecule has 0 spiro atoms. The molecule has 108 valence electrons. The zero-order valence-corrected chi connectivity index (χ0v) is 12.8. The second-order valence-corrected chi connectivity index (χ2v) is 7.20. The highest BCUT2D eigenvalue weighted by Crippen LogP contribution is 2.49. The Bertz CT molecular complexity index is 508. The molecule has 0 radical (unpaired) electrons. The van der Waals surface area contributed by atoms with E-state index in [9.17, 15) is 4.79 Å². The van der Waals surface area contributed by atoms with Gasteiger partial charge in [-0.05, 0) is 56.4 Å². The summed E-state index contributed by atoms with van der Waals surface area (Å²) in [5.74, 6) is 2.80. The van der Waals surface area contributed by atoms with Crippen molar-refractivity contribution in [3.63, 3.8) is 0 Å². The van der Waals surface area contributed by atoms with Gasteiger partial charge < -0.3 is 5.32 Å². The summed E-state index contributed by atoms with van der Waals surface area (Å²) >= 11 is 1.60.